The molecule has 0 radical (unpaired) electrons. The lowest BCUT2D eigenvalue weighted by atomic mass is 10.0. The highest BCUT2D eigenvalue weighted by molar-refractivity contribution is 7.10. The van der Waals surface area contributed by atoms with E-state index in [1.54, 1.807) is 17.4 Å². The summed E-state index contributed by atoms with van der Waals surface area (Å²) in [4.78, 5) is 11.0. The SMILES string of the molecule is CN1CCN([C@@H](CN=Cc2c(O)ccc3ccccc23)c2cccs2)CC1. The molecule has 0 spiro atoms. The summed E-state index contributed by atoms with van der Waals surface area (Å²) in [6.45, 7) is 5.01. The number of likely N-dealkylation sites (N-methyl/N-ethyl adjacent to an activating group) is 1. The molecule has 5 heteroatoms. The van der Waals surface area contributed by atoms with E-state index >= 15 is 0 Å². The van der Waals surface area contributed by atoms with Crippen molar-refractivity contribution < 1.29 is 5.11 Å². The van der Waals surface area contributed by atoms with Gasteiger partial charge in [-0.3, -0.25) is 9.89 Å². The molecule has 140 valence electrons. The van der Waals surface area contributed by atoms with Crippen LogP contribution in [0.3, 0.4) is 0 Å². The zero-order valence-electron chi connectivity index (χ0n) is 15.6. The average molecular weight is 380 g/mol. The first-order valence-electron chi connectivity index (χ1n) is 9.39. The number of fused-ring (bicyclic) bond motifs is 1. The van der Waals surface area contributed by atoms with Crippen molar-refractivity contribution in [2.75, 3.05) is 39.8 Å². The molecule has 0 saturated carbocycles. The summed E-state index contributed by atoms with van der Waals surface area (Å²) < 4.78 is 0. The van der Waals surface area contributed by atoms with Crippen LogP contribution in [0.2, 0.25) is 0 Å². The number of hydrogen-bond acceptors (Lipinski definition) is 5. The zero-order valence-corrected chi connectivity index (χ0v) is 16.4. The lowest BCUT2D eigenvalue weighted by Gasteiger charge is -2.37. The molecule has 4 rings (SSSR count). The zero-order chi connectivity index (χ0) is 18.6. The molecule has 3 aromatic rings. The largest absolute Gasteiger partial charge is 0.507 e. The minimum absolute atomic E-state index is 0.282. The third-order valence-electron chi connectivity index (χ3n) is 5.30. The standard InChI is InChI=1S/C22H25N3OS/c1-24-10-12-25(13-11-24)20(22-7-4-14-27-22)16-23-15-19-18-6-3-2-5-17(18)8-9-21(19)26/h2-9,14-15,20,26H,10-13,16H2,1H3/t20-/m0/s1. The molecule has 2 heterocycles. The first-order chi connectivity index (χ1) is 13.2. The summed E-state index contributed by atoms with van der Waals surface area (Å²) in [5.74, 6) is 0.282. The quantitative estimate of drug-likeness (QED) is 0.681. The maximum Gasteiger partial charge on any atom is 0.124 e. The van der Waals surface area contributed by atoms with Crippen molar-refractivity contribution in [3.05, 3.63) is 64.4 Å². The summed E-state index contributed by atoms with van der Waals surface area (Å²) in [6, 6.07) is 16.4. The van der Waals surface area contributed by atoms with Crippen molar-refractivity contribution in [1.29, 1.82) is 0 Å². The molecule has 1 aliphatic heterocycles. The van der Waals surface area contributed by atoms with Crippen LogP contribution in [0.5, 0.6) is 5.75 Å². The molecule has 1 N–H and O–H groups in total. The van der Waals surface area contributed by atoms with E-state index in [2.05, 4.69) is 40.4 Å². The fourth-order valence-corrected chi connectivity index (χ4v) is 4.52. The molecule has 1 fully saturated rings. The molecule has 1 aromatic heterocycles. The lowest BCUT2D eigenvalue weighted by Crippen LogP contribution is -2.46. The lowest BCUT2D eigenvalue weighted by molar-refractivity contribution is 0.116. The second-order valence-corrected chi connectivity index (χ2v) is 8.06. The maximum absolute atomic E-state index is 10.3. The number of nitrogens with zero attached hydrogens (tertiary/aromatic N) is 3. The van der Waals surface area contributed by atoms with Crippen molar-refractivity contribution in [1.82, 2.24) is 9.80 Å². The molecule has 1 aliphatic rings. The molecule has 27 heavy (non-hydrogen) atoms. The Balaban J connectivity index is 1.57. The van der Waals surface area contributed by atoms with Gasteiger partial charge in [-0.15, -0.1) is 11.3 Å². The topological polar surface area (TPSA) is 39.1 Å². The number of phenolic OH excluding ortho intramolecular Hbond substituents is 1. The van der Waals surface area contributed by atoms with E-state index in [4.69, 9.17) is 4.99 Å². The molecule has 0 bridgehead atoms. The highest BCUT2D eigenvalue weighted by atomic mass is 32.1. The average Bonchev–Trinajstić information content (AvgIpc) is 3.22. The highest BCUT2D eigenvalue weighted by Crippen LogP contribution is 2.28. The molecule has 1 saturated heterocycles. The molecular formula is C22H25N3OS. The van der Waals surface area contributed by atoms with Crippen molar-refractivity contribution in [3.63, 3.8) is 0 Å². The van der Waals surface area contributed by atoms with Crippen LogP contribution >= 0.6 is 11.3 Å². The minimum Gasteiger partial charge on any atom is -0.507 e. The van der Waals surface area contributed by atoms with E-state index in [-0.39, 0.29) is 5.75 Å². The summed E-state index contributed by atoms with van der Waals surface area (Å²) >= 11 is 1.80. The number of hydrogen-bond donors (Lipinski definition) is 1. The third-order valence-corrected chi connectivity index (χ3v) is 6.27. The number of aromatic hydroxyl groups is 1. The number of phenols is 1. The van der Waals surface area contributed by atoms with Gasteiger partial charge < -0.3 is 10.0 Å². The fraction of sp³-hybridized carbons (Fsp3) is 0.318. The smallest absolute Gasteiger partial charge is 0.124 e. The van der Waals surface area contributed by atoms with Gasteiger partial charge in [0.1, 0.15) is 5.75 Å². The summed E-state index contributed by atoms with van der Waals surface area (Å²) in [6.07, 6.45) is 1.84. The summed E-state index contributed by atoms with van der Waals surface area (Å²) in [7, 11) is 2.18. The fourth-order valence-electron chi connectivity index (χ4n) is 3.66. The van der Waals surface area contributed by atoms with Gasteiger partial charge >= 0.3 is 0 Å². The minimum atomic E-state index is 0.282. The summed E-state index contributed by atoms with van der Waals surface area (Å²) in [5, 5.41) is 14.6. The van der Waals surface area contributed by atoms with Gasteiger partial charge in [0.05, 0.1) is 12.6 Å². The van der Waals surface area contributed by atoms with Gasteiger partial charge in [0.2, 0.25) is 0 Å². The number of thiophene rings is 1. The summed E-state index contributed by atoms with van der Waals surface area (Å²) in [5.41, 5.74) is 0.802. The van der Waals surface area contributed by atoms with E-state index in [0.29, 0.717) is 12.6 Å². The Bertz CT molecular complexity index is 914. The second-order valence-electron chi connectivity index (χ2n) is 7.08. The van der Waals surface area contributed by atoms with E-state index in [1.165, 1.54) is 4.88 Å². The Morgan fingerprint density at radius 3 is 2.67 bits per heavy atom. The molecule has 4 nitrogen and oxygen atoms in total. The van der Waals surface area contributed by atoms with Crippen LogP contribution in [0.15, 0.2) is 58.9 Å². The van der Waals surface area contributed by atoms with E-state index in [9.17, 15) is 5.11 Å². The van der Waals surface area contributed by atoms with Gasteiger partial charge in [0.25, 0.3) is 0 Å². The first-order valence-corrected chi connectivity index (χ1v) is 10.3. The Morgan fingerprint density at radius 2 is 1.89 bits per heavy atom. The molecule has 1 atom stereocenters. The van der Waals surface area contributed by atoms with Gasteiger partial charge in [-0.1, -0.05) is 36.4 Å². The van der Waals surface area contributed by atoms with Crippen LogP contribution in [0.25, 0.3) is 10.8 Å². The number of benzene rings is 2. The Labute approximate surface area is 164 Å². The molecule has 0 aliphatic carbocycles. The number of rotatable bonds is 5. The molecular weight excluding hydrogens is 354 g/mol. The van der Waals surface area contributed by atoms with E-state index < -0.39 is 0 Å². The predicted molar refractivity (Wildman–Crippen MR) is 114 cm³/mol. The van der Waals surface area contributed by atoms with E-state index in [0.717, 1.165) is 42.5 Å². The maximum atomic E-state index is 10.3. The van der Waals surface area contributed by atoms with Crippen LogP contribution < -0.4 is 0 Å². The van der Waals surface area contributed by atoms with Gasteiger partial charge in [-0.2, -0.15) is 0 Å². The van der Waals surface area contributed by atoms with Crippen LogP contribution in [0.4, 0.5) is 0 Å². The van der Waals surface area contributed by atoms with Gasteiger partial charge in [-0.25, -0.2) is 0 Å². The molecule has 0 amide bonds. The van der Waals surface area contributed by atoms with Crippen LogP contribution in [-0.4, -0.2) is 60.9 Å². The molecule has 0 unspecified atom stereocenters. The Morgan fingerprint density at radius 1 is 1.07 bits per heavy atom. The van der Waals surface area contributed by atoms with Gasteiger partial charge in [-0.05, 0) is 35.3 Å². The van der Waals surface area contributed by atoms with Gasteiger partial charge in [0, 0.05) is 42.8 Å². The van der Waals surface area contributed by atoms with Gasteiger partial charge in [0.15, 0.2) is 0 Å². The Hall–Kier alpha value is -2.21. The first kappa shape index (κ1) is 18.2. The van der Waals surface area contributed by atoms with Crippen LogP contribution in [0, 0.1) is 0 Å². The normalized spacial score (nSPS) is 17.7. The van der Waals surface area contributed by atoms with E-state index in [1.807, 2.05) is 30.5 Å². The number of aliphatic imine (C=N–C) groups is 1. The van der Waals surface area contributed by atoms with Crippen molar-refractivity contribution in [2.45, 2.75) is 6.04 Å². The van der Waals surface area contributed by atoms with Crippen LogP contribution in [-0.2, 0) is 0 Å². The van der Waals surface area contributed by atoms with Crippen molar-refractivity contribution >= 4 is 28.3 Å². The highest BCUT2D eigenvalue weighted by Gasteiger charge is 2.24. The second kappa shape index (κ2) is 8.21. The predicted octanol–water partition coefficient (Wildman–Crippen LogP) is 4.01. The Kier molecular flexibility index (Phi) is 5.53. The third kappa shape index (κ3) is 4.05. The molecule has 2 aromatic carbocycles. The monoisotopic (exact) mass is 379 g/mol. The van der Waals surface area contributed by atoms with Crippen LogP contribution in [0.1, 0.15) is 16.5 Å². The van der Waals surface area contributed by atoms with Crippen molar-refractivity contribution in [3.8, 4) is 5.75 Å². The number of piperazine rings is 1. The van der Waals surface area contributed by atoms with Crippen molar-refractivity contribution in [2.24, 2.45) is 4.99 Å².